The van der Waals surface area contributed by atoms with Gasteiger partial charge in [0.1, 0.15) is 17.3 Å². The van der Waals surface area contributed by atoms with Crippen molar-refractivity contribution >= 4 is 23.1 Å². The first kappa shape index (κ1) is 24.1. The summed E-state index contributed by atoms with van der Waals surface area (Å²) in [5.74, 6) is -0.401. The highest BCUT2D eigenvalue weighted by atomic mass is 16.5. The number of likely N-dealkylation sites (tertiary alicyclic amines) is 1. The molecule has 1 aliphatic heterocycles. The van der Waals surface area contributed by atoms with Gasteiger partial charge in [-0.25, -0.2) is 0 Å². The number of aliphatic hydroxyl groups excluding tert-OH is 1. The Hall–Kier alpha value is -4.00. The smallest absolute Gasteiger partial charge is 0.296 e. The number of hydrogen-bond acceptors (Lipinski definition) is 6. The lowest BCUT2D eigenvalue weighted by atomic mass is 9.95. The predicted octanol–water partition coefficient (Wildman–Crippen LogP) is 5.15. The summed E-state index contributed by atoms with van der Waals surface area (Å²) in [6.45, 7) is 8.43. The van der Waals surface area contributed by atoms with Gasteiger partial charge in [0.2, 0.25) is 0 Å². The number of hydrogen-bond donors (Lipinski definition) is 1. The van der Waals surface area contributed by atoms with Crippen molar-refractivity contribution in [3.05, 3.63) is 89.4 Å². The van der Waals surface area contributed by atoms with Crippen molar-refractivity contribution < 1.29 is 23.8 Å². The van der Waals surface area contributed by atoms with Crippen LogP contribution in [-0.2, 0) is 16.1 Å². The van der Waals surface area contributed by atoms with Crippen LogP contribution in [0.2, 0.25) is 0 Å². The van der Waals surface area contributed by atoms with Crippen LogP contribution in [0.5, 0.6) is 5.75 Å². The quantitative estimate of drug-likeness (QED) is 0.262. The molecule has 1 fully saturated rings. The van der Waals surface area contributed by atoms with E-state index in [-0.39, 0.29) is 17.9 Å². The van der Waals surface area contributed by atoms with Gasteiger partial charge in [-0.2, -0.15) is 0 Å². The van der Waals surface area contributed by atoms with E-state index in [0.29, 0.717) is 23.7 Å². The van der Waals surface area contributed by atoms with E-state index in [2.05, 4.69) is 18.7 Å². The van der Waals surface area contributed by atoms with E-state index in [1.807, 2.05) is 31.2 Å². The molecule has 0 radical (unpaired) electrons. The van der Waals surface area contributed by atoms with Crippen molar-refractivity contribution in [1.82, 2.24) is 4.90 Å². The standard InChI is InChI=1S/C28H30N2O5/c1-4-29(5-2)21-13-9-19(10-14-21)25-24(26(31)20-11-15-22(16-12-20)34-6-3)27(32)28(33)30(25)18-23-8-7-17-35-23/h7-17,25,31H,4-6,18H2,1-3H3/b26-24-. The topological polar surface area (TPSA) is 83.2 Å². The summed E-state index contributed by atoms with van der Waals surface area (Å²) >= 11 is 0. The SMILES string of the molecule is CCOc1ccc(/C(O)=C2/C(=O)C(=O)N(Cc3ccco3)C2c2ccc(N(CC)CC)cc2)cc1. The molecule has 1 aromatic heterocycles. The molecule has 1 atom stereocenters. The van der Waals surface area contributed by atoms with Crippen molar-refractivity contribution in [2.75, 3.05) is 24.6 Å². The van der Waals surface area contributed by atoms with E-state index in [9.17, 15) is 14.7 Å². The van der Waals surface area contributed by atoms with Crippen LogP contribution < -0.4 is 9.64 Å². The summed E-state index contributed by atoms with van der Waals surface area (Å²) in [5.41, 5.74) is 2.28. The zero-order chi connectivity index (χ0) is 24.9. The second-order valence-corrected chi connectivity index (χ2v) is 8.23. The van der Waals surface area contributed by atoms with Crippen LogP contribution in [0.25, 0.3) is 5.76 Å². The summed E-state index contributed by atoms with van der Waals surface area (Å²) in [5, 5.41) is 11.2. The molecular weight excluding hydrogens is 444 g/mol. The van der Waals surface area contributed by atoms with Crippen molar-refractivity contribution in [2.45, 2.75) is 33.4 Å². The van der Waals surface area contributed by atoms with E-state index in [1.165, 1.54) is 11.2 Å². The molecule has 1 N–H and O–H groups in total. The Labute approximate surface area is 205 Å². The molecule has 182 valence electrons. The maximum atomic E-state index is 13.2. The van der Waals surface area contributed by atoms with Gasteiger partial charge in [0, 0.05) is 24.3 Å². The first-order chi connectivity index (χ1) is 17.0. The molecule has 3 aromatic rings. The van der Waals surface area contributed by atoms with Gasteiger partial charge in [-0.3, -0.25) is 9.59 Å². The van der Waals surface area contributed by atoms with Crippen LogP contribution in [0.4, 0.5) is 5.69 Å². The molecule has 1 unspecified atom stereocenters. The molecule has 35 heavy (non-hydrogen) atoms. The number of Topliss-reactive ketones (excluding diaryl/α,β-unsaturated/α-hetero) is 1. The monoisotopic (exact) mass is 474 g/mol. The van der Waals surface area contributed by atoms with Gasteiger partial charge in [0.15, 0.2) is 0 Å². The second-order valence-electron chi connectivity index (χ2n) is 8.23. The molecule has 7 nitrogen and oxygen atoms in total. The number of ketones is 1. The number of ether oxygens (including phenoxy) is 1. The highest BCUT2D eigenvalue weighted by Gasteiger charge is 2.46. The molecule has 0 spiro atoms. The molecule has 7 heteroatoms. The fourth-order valence-electron chi connectivity index (χ4n) is 4.45. The summed E-state index contributed by atoms with van der Waals surface area (Å²) in [6, 6.07) is 17.3. The number of aliphatic hydroxyl groups is 1. The molecule has 2 aromatic carbocycles. The Morgan fingerprint density at radius 3 is 2.26 bits per heavy atom. The zero-order valence-electron chi connectivity index (χ0n) is 20.2. The lowest BCUT2D eigenvalue weighted by molar-refractivity contribution is -0.140. The third kappa shape index (κ3) is 4.80. The molecule has 0 bridgehead atoms. The third-order valence-electron chi connectivity index (χ3n) is 6.22. The fourth-order valence-corrected chi connectivity index (χ4v) is 4.45. The van der Waals surface area contributed by atoms with E-state index in [4.69, 9.17) is 9.15 Å². The van der Waals surface area contributed by atoms with Gasteiger partial charge in [-0.05, 0) is 74.9 Å². The number of amides is 1. The van der Waals surface area contributed by atoms with E-state index in [1.54, 1.807) is 36.4 Å². The average molecular weight is 475 g/mol. The minimum Gasteiger partial charge on any atom is -0.507 e. The number of benzene rings is 2. The van der Waals surface area contributed by atoms with Crippen LogP contribution in [0, 0.1) is 0 Å². The number of anilines is 1. The van der Waals surface area contributed by atoms with Crippen molar-refractivity contribution in [1.29, 1.82) is 0 Å². The van der Waals surface area contributed by atoms with Crippen molar-refractivity contribution in [3.8, 4) is 5.75 Å². The molecular formula is C28H30N2O5. The summed E-state index contributed by atoms with van der Waals surface area (Å²) in [4.78, 5) is 30.0. The minimum absolute atomic E-state index is 0.0568. The number of rotatable bonds is 9. The first-order valence-corrected chi connectivity index (χ1v) is 11.9. The highest BCUT2D eigenvalue weighted by Crippen LogP contribution is 2.41. The van der Waals surface area contributed by atoms with Gasteiger partial charge in [-0.15, -0.1) is 0 Å². The normalized spacial score (nSPS) is 17.1. The van der Waals surface area contributed by atoms with Gasteiger partial charge in [-0.1, -0.05) is 12.1 Å². The zero-order valence-corrected chi connectivity index (χ0v) is 20.2. The van der Waals surface area contributed by atoms with Crippen LogP contribution in [0.1, 0.15) is 43.7 Å². The van der Waals surface area contributed by atoms with E-state index in [0.717, 1.165) is 24.3 Å². The Morgan fingerprint density at radius 2 is 1.69 bits per heavy atom. The summed E-state index contributed by atoms with van der Waals surface area (Å²) in [7, 11) is 0. The first-order valence-electron chi connectivity index (χ1n) is 11.9. The van der Waals surface area contributed by atoms with Crippen LogP contribution in [0.3, 0.4) is 0 Å². The highest BCUT2D eigenvalue weighted by molar-refractivity contribution is 6.46. The maximum absolute atomic E-state index is 13.2. The summed E-state index contributed by atoms with van der Waals surface area (Å²) < 4.78 is 10.9. The lowest BCUT2D eigenvalue weighted by Gasteiger charge is -2.26. The minimum atomic E-state index is -0.752. The van der Waals surface area contributed by atoms with E-state index >= 15 is 0 Å². The second kappa shape index (κ2) is 10.5. The average Bonchev–Trinajstić information content (AvgIpc) is 3.48. The Kier molecular flexibility index (Phi) is 7.25. The molecule has 2 heterocycles. The number of carbonyl (C=O) groups is 2. The molecule has 1 amide bonds. The van der Waals surface area contributed by atoms with E-state index < -0.39 is 17.7 Å². The molecule has 1 aliphatic rings. The Morgan fingerprint density at radius 1 is 1.00 bits per heavy atom. The molecule has 4 rings (SSSR count). The Bertz CT molecular complexity index is 1190. The van der Waals surface area contributed by atoms with Crippen LogP contribution in [-0.4, -0.2) is 41.4 Å². The third-order valence-corrected chi connectivity index (χ3v) is 6.22. The van der Waals surface area contributed by atoms with Crippen LogP contribution >= 0.6 is 0 Å². The van der Waals surface area contributed by atoms with Crippen molar-refractivity contribution in [3.63, 3.8) is 0 Å². The van der Waals surface area contributed by atoms with Gasteiger partial charge in [0.05, 0.1) is 31.0 Å². The largest absolute Gasteiger partial charge is 0.507 e. The fraction of sp³-hybridized carbons (Fsp3) is 0.286. The van der Waals surface area contributed by atoms with Gasteiger partial charge < -0.3 is 24.1 Å². The predicted molar refractivity (Wildman–Crippen MR) is 134 cm³/mol. The molecule has 0 aliphatic carbocycles. The Balaban J connectivity index is 1.79. The lowest BCUT2D eigenvalue weighted by Crippen LogP contribution is -2.29. The molecule has 0 saturated carbocycles. The van der Waals surface area contributed by atoms with Gasteiger partial charge in [0.25, 0.3) is 11.7 Å². The van der Waals surface area contributed by atoms with Crippen LogP contribution in [0.15, 0.2) is 76.9 Å². The summed E-state index contributed by atoms with van der Waals surface area (Å²) in [6.07, 6.45) is 1.53. The number of carbonyl (C=O) groups excluding carboxylic acids is 2. The number of furan rings is 1. The number of nitrogens with zero attached hydrogens (tertiary/aromatic N) is 2. The maximum Gasteiger partial charge on any atom is 0.296 e. The molecule has 1 saturated heterocycles. The van der Waals surface area contributed by atoms with Crippen molar-refractivity contribution in [2.24, 2.45) is 0 Å². The van der Waals surface area contributed by atoms with Gasteiger partial charge >= 0.3 is 0 Å².